The van der Waals surface area contributed by atoms with E-state index < -0.39 is 5.91 Å². The van der Waals surface area contributed by atoms with Gasteiger partial charge in [-0.25, -0.2) is 0 Å². The summed E-state index contributed by atoms with van der Waals surface area (Å²) in [5.41, 5.74) is 6.15. The molecular weight excluding hydrogens is 206 g/mol. The van der Waals surface area contributed by atoms with Crippen molar-refractivity contribution in [3.63, 3.8) is 0 Å². The van der Waals surface area contributed by atoms with Gasteiger partial charge in [-0.2, -0.15) is 0 Å². The molecule has 0 atom stereocenters. The van der Waals surface area contributed by atoms with Gasteiger partial charge in [0.15, 0.2) is 0 Å². The smallest absolute Gasteiger partial charge is 0.248 e. The summed E-state index contributed by atoms with van der Waals surface area (Å²) in [5.74, 6) is 0.246. The lowest BCUT2D eigenvalue weighted by Crippen LogP contribution is -2.38. The fourth-order valence-corrected chi connectivity index (χ4v) is 1.35. The molecule has 1 fully saturated rings. The fourth-order valence-electron chi connectivity index (χ4n) is 1.35. The molecule has 0 saturated carbocycles. The van der Waals surface area contributed by atoms with Crippen LogP contribution in [0.15, 0.2) is 30.8 Å². The van der Waals surface area contributed by atoms with Gasteiger partial charge < -0.3 is 15.2 Å². The monoisotopic (exact) mass is 219 g/mol. The lowest BCUT2D eigenvalue weighted by molar-refractivity contribution is -0.112. The molecule has 0 aromatic heterocycles. The molecule has 0 spiro atoms. The van der Waals surface area contributed by atoms with E-state index in [1.807, 2.05) is 0 Å². The number of carbonyl (C=O) groups excluding carboxylic acids is 1. The van der Waals surface area contributed by atoms with Gasteiger partial charge in [0.05, 0.1) is 13.2 Å². The second-order valence-electron chi connectivity index (χ2n) is 3.64. The van der Waals surface area contributed by atoms with E-state index in [9.17, 15) is 4.79 Å². The summed E-state index contributed by atoms with van der Waals surface area (Å²) in [5, 5.41) is 0. The van der Waals surface area contributed by atoms with Crippen LogP contribution in [0.5, 0.6) is 5.75 Å². The van der Waals surface area contributed by atoms with Crippen LogP contribution in [-0.4, -0.2) is 25.2 Å². The highest BCUT2D eigenvalue weighted by molar-refractivity contribution is 6.17. The first-order chi connectivity index (χ1) is 7.66. The lowest BCUT2D eigenvalue weighted by atomic mass is 10.1. The van der Waals surface area contributed by atoms with Crippen LogP contribution in [0.3, 0.4) is 0 Å². The molecule has 2 rings (SSSR count). The summed E-state index contributed by atoms with van der Waals surface area (Å²) < 4.78 is 10.6. The lowest BCUT2D eigenvalue weighted by Gasteiger charge is -2.26. The van der Waals surface area contributed by atoms with E-state index in [0.29, 0.717) is 24.4 Å². The largest absolute Gasteiger partial charge is 0.486 e. The Morgan fingerprint density at radius 3 is 2.44 bits per heavy atom. The molecule has 16 heavy (non-hydrogen) atoms. The van der Waals surface area contributed by atoms with Crippen LogP contribution in [0.2, 0.25) is 0 Å². The number of benzene rings is 1. The van der Waals surface area contributed by atoms with Crippen molar-refractivity contribution < 1.29 is 14.3 Å². The summed E-state index contributed by atoms with van der Waals surface area (Å²) in [6.07, 6.45) is 0.144. The first-order valence-corrected chi connectivity index (χ1v) is 5.00. The Bertz CT molecular complexity index is 407. The van der Waals surface area contributed by atoms with Gasteiger partial charge in [-0.3, -0.25) is 4.79 Å². The number of carbonyl (C=O) groups is 1. The molecular formula is C12H13NO3. The normalized spacial score (nSPS) is 15.2. The maximum Gasteiger partial charge on any atom is 0.248 e. The van der Waals surface area contributed by atoms with Crippen LogP contribution in [0.4, 0.5) is 0 Å². The van der Waals surface area contributed by atoms with E-state index in [4.69, 9.17) is 15.2 Å². The number of ether oxygens (including phenoxy) is 2. The zero-order valence-electron chi connectivity index (χ0n) is 8.81. The number of rotatable bonds is 4. The maximum atomic E-state index is 10.9. The van der Waals surface area contributed by atoms with E-state index in [1.54, 1.807) is 24.3 Å². The summed E-state index contributed by atoms with van der Waals surface area (Å²) in [4.78, 5) is 10.9. The predicted octanol–water partition coefficient (Wildman–Crippen LogP) is 0.963. The van der Waals surface area contributed by atoms with Gasteiger partial charge >= 0.3 is 0 Å². The summed E-state index contributed by atoms with van der Waals surface area (Å²) in [6.45, 7) is 4.88. The fraction of sp³-hybridized carbons (Fsp3) is 0.250. The predicted molar refractivity (Wildman–Crippen MR) is 59.9 cm³/mol. The quantitative estimate of drug-likeness (QED) is 0.767. The molecule has 4 heteroatoms. The third-order valence-corrected chi connectivity index (χ3v) is 2.41. The highest BCUT2D eigenvalue weighted by Crippen LogP contribution is 2.19. The highest BCUT2D eigenvalue weighted by atomic mass is 16.6. The van der Waals surface area contributed by atoms with Crippen LogP contribution in [0, 0.1) is 0 Å². The molecule has 1 saturated heterocycles. The molecule has 0 unspecified atom stereocenters. The average molecular weight is 219 g/mol. The minimum absolute atomic E-state index is 0.144. The van der Waals surface area contributed by atoms with Crippen molar-refractivity contribution in [1.82, 2.24) is 0 Å². The van der Waals surface area contributed by atoms with Crippen molar-refractivity contribution in [2.45, 2.75) is 6.10 Å². The minimum Gasteiger partial charge on any atom is -0.486 e. The van der Waals surface area contributed by atoms with E-state index in [0.717, 1.165) is 5.75 Å². The first-order valence-electron chi connectivity index (χ1n) is 5.00. The summed E-state index contributed by atoms with van der Waals surface area (Å²) >= 11 is 0. The Morgan fingerprint density at radius 1 is 1.38 bits per heavy atom. The average Bonchev–Trinajstić information content (AvgIpc) is 2.23. The molecule has 2 N–H and O–H groups in total. The van der Waals surface area contributed by atoms with Gasteiger partial charge in [-0.1, -0.05) is 18.7 Å². The van der Waals surface area contributed by atoms with Gasteiger partial charge in [0.1, 0.15) is 11.9 Å². The van der Waals surface area contributed by atoms with Crippen LogP contribution >= 0.6 is 0 Å². The SMILES string of the molecule is C=C(C(N)=O)c1ccc(OC2COC2)cc1. The summed E-state index contributed by atoms with van der Waals surface area (Å²) in [6, 6.07) is 7.12. The molecule has 0 radical (unpaired) electrons. The first kappa shape index (κ1) is 10.7. The zero-order chi connectivity index (χ0) is 11.5. The van der Waals surface area contributed by atoms with Gasteiger partial charge in [0.2, 0.25) is 5.91 Å². The van der Waals surface area contributed by atoms with Crippen molar-refractivity contribution >= 4 is 11.5 Å². The third kappa shape index (κ3) is 2.23. The van der Waals surface area contributed by atoms with E-state index in [-0.39, 0.29) is 6.10 Å². The number of primary amides is 1. The molecule has 1 heterocycles. The third-order valence-electron chi connectivity index (χ3n) is 2.41. The van der Waals surface area contributed by atoms with Gasteiger partial charge in [0, 0.05) is 5.57 Å². The Morgan fingerprint density at radius 2 is 2.00 bits per heavy atom. The van der Waals surface area contributed by atoms with Crippen molar-refractivity contribution in [1.29, 1.82) is 0 Å². The van der Waals surface area contributed by atoms with Crippen LogP contribution in [0.1, 0.15) is 5.56 Å². The second-order valence-corrected chi connectivity index (χ2v) is 3.64. The standard InChI is InChI=1S/C12H13NO3/c1-8(12(13)14)9-2-4-10(5-3-9)16-11-6-15-7-11/h2-5,11H,1,6-7H2,(H2,13,14). The maximum absolute atomic E-state index is 10.9. The number of hydrogen-bond acceptors (Lipinski definition) is 3. The van der Waals surface area contributed by atoms with Crippen molar-refractivity contribution in [3.05, 3.63) is 36.4 Å². The molecule has 1 amide bonds. The van der Waals surface area contributed by atoms with Crippen molar-refractivity contribution in [2.24, 2.45) is 5.73 Å². The van der Waals surface area contributed by atoms with E-state index >= 15 is 0 Å². The van der Waals surface area contributed by atoms with Gasteiger partial charge in [-0.15, -0.1) is 0 Å². The molecule has 0 aliphatic carbocycles. The highest BCUT2D eigenvalue weighted by Gasteiger charge is 2.19. The molecule has 0 bridgehead atoms. The zero-order valence-corrected chi connectivity index (χ0v) is 8.81. The Kier molecular flexibility index (Phi) is 2.92. The number of hydrogen-bond donors (Lipinski definition) is 1. The number of amides is 1. The van der Waals surface area contributed by atoms with E-state index in [1.165, 1.54) is 0 Å². The van der Waals surface area contributed by atoms with Gasteiger partial charge in [0.25, 0.3) is 0 Å². The Labute approximate surface area is 93.7 Å². The number of nitrogens with two attached hydrogens (primary N) is 1. The van der Waals surface area contributed by atoms with Crippen LogP contribution in [0.25, 0.3) is 5.57 Å². The molecule has 1 aromatic rings. The summed E-state index contributed by atoms with van der Waals surface area (Å²) in [7, 11) is 0. The van der Waals surface area contributed by atoms with Crippen molar-refractivity contribution in [2.75, 3.05) is 13.2 Å². The molecule has 4 nitrogen and oxygen atoms in total. The topological polar surface area (TPSA) is 61.6 Å². The van der Waals surface area contributed by atoms with Gasteiger partial charge in [-0.05, 0) is 17.7 Å². The van der Waals surface area contributed by atoms with Crippen LogP contribution < -0.4 is 10.5 Å². The second kappa shape index (κ2) is 4.37. The Balaban J connectivity index is 2.03. The molecule has 1 aliphatic heterocycles. The van der Waals surface area contributed by atoms with E-state index in [2.05, 4.69) is 6.58 Å². The molecule has 84 valence electrons. The minimum atomic E-state index is -0.513. The molecule has 1 aliphatic rings. The molecule has 1 aromatic carbocycles. The van der Waals surface area contributed by atoms with Crippen molar-refractivity contribution in [3.8, 4) is 5.75 Å². The van der Waals surface area contributed by atoms with Crippen LogP contribution in [-0.2, 0) is 9.53 Å². The Hall–Kier alpha value is -1.81.